The molecule has 0 aliphatic heterocycles. The minimum atomic E-state index is -0.255. The number of nitrogen functional groups attached to an aromatic ring is 1. The maximum absolute atomic E-state index is 12.0. The number of aryl methyl sites for hydroxylation is 1. The number of aromatic nitrogens is 1. The largest absolute Gasteiger partial charge is 0.397 e. The van der Waals surface area contributed by atoms with Crippen molar-refractivity contribution in [2.75, 3.05) is 11.1 Å². The standard InChI is InChI=1S/C13H15N3O2S/c1-2-6-16-8-9(3-4-11(16)17)15-13(18)12-10(14)5-7-19-12/h3-5,7-8H,2,6,14H2,1H3,(H,15,18). The van der Waals surface area contributed by atoms with Crippen molar-refractivity contribution in [2.24, 2.45) is 0 Å². The summed E-state index contributed by atoms with van der Waals surface area (Å²) in [7, 11) is 0. The van der Waals surface area contributed by atoms with E-state index in [1.54, 1.807) is 28.3 Å². The Morgan fingerprint density at radius 1 is 1.42 bits per heavy atom. The van der Waals surface area contributed by atoms with Gasteiger partial charge in [-0.3, -0.25) is 9.59 Å². The van der Waals surface area contributed by atoms with E-state index in [0.717, 1.165) is 6.42 Å². The van der Waals surface area contributed by atoms with Crippen LogP contribution in [0, 0.1) is 0 Å². The molecule has 3 N–H and O–H groups in total. The van der Waals surface area contributed by atoms with E-state index in [4.69, 9.17) is 5.73 Å². The summed E-state index contributed by atoms with van der Waals surface area (Å²) < 4.78 is 1.58. The number of nitrogens with two attached hydrogens (primary N) is 1. The first-order valence-corrected chi connectivity index (χ1v) is 6.84. The monoisotopic (exact) mass is 277 g/mol. The SMILES string of the molecule is CCCn1cc(NC(=O)c2sccc2N)ccc1=O. The summed E-state index contributed by atoms with van der Waals surface area (Å²) in [4.78, 5) is 24.0. The van der Waals surface area contributed by atoms with E-state index in [1.165, 1.54) is 17.4 Å². The number of hydrogen-bond acceptors (Lipinski definition) is 4. The van der Waals surface area contributed by atoms with Gasteiger partial charge in [0.2, 0.25) is 0 Å². The van der Waals surface area contributed by atoms with Crippen molar-refractivity contribution in [3.63, 3.8) is 0 Å². The Balaban J connectivity index is 2.20. The summed E-state index contributed by atoms with van der Waals surface area (Å²) >= 11 is 1.29. The third-order valence-electron chi connectivity index (χ3n) is 2.61. The molecule has 0 fully saturated rings. The molecule has 2 heterocycles. The summed E-state index contributed by atoms with van der Waals surface area (Å²) in [6.45, 7) is 2.62. The molecule has 2 rings (SSSR count). The Bertz CT molecular complexity index is 645. The van der Waals surface area contributed by atoms with Gasteiger partial charge in [-0.25, -0.2) is 0 Å². The van der Waals surface area contributed by atoms with E-state index in [2.05, 4.69) is 5.32 Å². The molecule has 0 saturated heterocycles. The quantitative estimate of drug-likeness (QED) is 0.899. The summed E-state index contributed by atoms with van der Waals surface area (Å²) in [5.41, 5.74) is 6.67. The Morgan fingerprint density at radius 2 is 2.21 bits per heavy atom. The fourth-order valence-electron chi connectivity index (χ4n) is 1.71. The molecule has 0 aliphatic carbocycles. The summed E-state index contributed by atoms with van der Waals surface area (Å²) in [6, 6.07) is 4.73. The number of anilines is 2. The number of pyridine rings is 1. The van der Waals surface area contributed by atoms with Gasteiger partial charge in [0, 0.05) is 18.8 Å². The molecule has 0 aromatic carbocycles. The predicted octanol–water partition coefficient (Wildman–Crippen LogP) is 2.15. The summed E-state index contributed by atoms with van der Waals surface area (Å²) in [5, 5.41) is 4.51. The Kier molecular flexibility index (Phi) is 4.01. The highest BCUT2D eigenvalue weighted by molar-refractivity contribution is 7.12. The van der Waals surface area contributed by atoms with Crippen molar-refractivity contribution in [3.8, 4) is 0 Å². The van der Waals surface area contributed by atoms with Crippen molar-refractivity contribution in [2.45, 2.75) is 19.9 Å². The Hall–Kier alpha value is -2.08. The van der Waals surface area contributed by atoms with E-state index in [-0.39, 0.29) is 11.5 Å². The van der Waals surface area contributed by atoms with Crippen LogP contribution in [0.15, 0.2) is 34.6 Å². The van der Waals surface area contributed by atoms with Gasteiger partial charge in [0.25, 0.3) is 11.5 Å². The Morgan fingerprint density at radius 3 is 2.84 bits per heavy atom. The van der Waals surface area contributed by atoms with Gasteiger partial charge in [0.1, 0.15) is 4.88 Å². The van der Waals surface area contributed by atoms with Gasteiger partial charge in [0.15, 0.2) is 0 Å². The molecule has 2 aromatic heterocycles. The number of nitrogens with one attached hydrogen (secondary N) is 1. The highest BCUT2D eigenvalue weighted by atomic mass is 32.1. The van der Waals surface area contributed by atoms with E-state index < -0.39 is 0 Å². The third kappa shape index (κ3) is 3.03. The molecule has 0 aliphatic rings. The molecule has 0 bridgehead atoms. The molecular formula is C13H15N3O2S. The van der Waals surface area contributed by atoms with E-state index in [0.29, 0.717) is 22.8 Å². The van der Waals surface area contributed by atoms with Gasteiger partial charge < -0.3 is 15.6 Å². The number of amides is 1. The summed E-state index contributed by atoms with van der Waals surface area (Å²) in [6.07, 6.45) is 2.50. The van der Waals surface area contributed by atoms with Gasteiger partial charge in [-0.1, -0.05) is 6.92 Å². The molecule has 0 radical (unpaired) electrons. The normalized spacial score (nSPS) is 10.4. The minimum Gasteiger partial charge on any atom is -0.397 e. The first-order chi connectivity index (χ1) is 9.11. The molecule has 0 atom stereocenters. The number of rotatable bonds is 4. The smallest absolute Gasteiger partial charge is 0.267 e. The number of thiophene rings is 1. The first kappa shape index (κ1) is 13.4. The van der Waals surface area contributed by atoms with Crippen LogP contribution >= 0.6 is 11.3 Å². The number of nitrogens with zero attached hydrogens (tertiary/aromatic N) is 1. The van der Waals surface area contributed by atoms with Gasteiger partial charge in [-0.2, -0.15) is 0 Å². The zero-order valence-corrected chi connectivity index (χ0v) is 11.4. The molecule has 6 heteroatoms. The minimum absolute atomic E-state index is 0.0736. The fraction of sp³-hybridized carbons (Fsp3) is 0.231. The van der Waals surface area contributed by atoms with Gasteiger partial charge in [-0.15, -0.1) is 11.3 Å². The molecule has 5 nitrogen and oxygen atoms in total. The average Bonchev–Trinajstić information content (AvgIpc) is 2.80. The molecule has 2 aromatic rings. The second kappa shape index (κ2) is 5.71. The van der Waals surface area contributed by atoms with Crippen LogP contribution in [0.5, 0.6) is 0 Å². The lowest BCUT2D eigenvalue weighted by molar-refractivity contribution is 0.103. The molecule has 19 heavy (non-hydrogen) atoms. The second-order valence-electron chi connectivity index (χ2n) is 4.11. The van der Waals surface area contributed by atoms with E-state index in [9.17, 15) is 9.59 Å². The van der Waals surface area contributed by atoms with Crippen LogP contribution in [0.4, 0.5) is 11.4 Å². The lowest BCUT2D eigenvalue weighted by atomic mass is 10.3. The summed E-state index contributed by atoms with van der Waals surface area (Å²) in [5.74, 6) is -0.255. The van der Waals surface area contributed by atoms with Gasteiger partial charge >= 0.3 is 0 Å². The maximum Gasteiger partial charge on any atom is 0.267 e. The zero-order valence-electron chi connectivity index (χ0n) is 10.6. The van der Waals surface area contributed by atoms with Crippen molar-refractivity contribution in [3.05, 3.63) is 45.0 Å². The number of carbonyl (C=O) groups is 1. The average molecular weight is 277 g/mol. The topological polar surface area (TPSA) is 77.1 Å². The fourth-order valence-corrected chi connectivity index (χ4v) is 2.43. The van der Waals surface area contributed by atoms with E-state index >= 15 is 0 Å². The maximum atomic E-state index is 12.0. The predicted molar refractivity (Wildman–Crippen MR) is 77.7 cm³/mol. The van der Waals surface area contributed by atoms with Gasteiger partial charge in [0.05, 0.1) is 11.4 Å². The van der Waals surface area contributed by atoms with E-state index in [1.807, 2.05) is 6.92 Å². The van der Waals surface area contributed by atoms with Gasteiger partial charge in [-0.05, 0) is 23.9 Å². The molecular weight excluding hydrogens is 262 g/mol. The van der Waals surface area contributed by atoms with Crippen molar-refractivity contribution in [1.29, 1.82) is 0 Å². The molecule has 100 valence electrons. The van der Waals surface area contributed by atoms with Crippen molar-refractivity contribution >= 4 is 28.6 Å². The molecule has 1 amide bonds. The second-order valence-corrected chi connectivity index (χ2v) is 5.02. The van der Waals surface area contributed by atoms with Crippen LogP contribution in [-0.2, 0) is 6.54 Å². The number of hydrogen-bond donors (Lipinski definition) is 2. The van der Waals surface area contributed by atoms with Crippen LogP contribution in [0.25, 0.3) is 0 Å². The molecule has 0 spiro atoms. The number of carbonyl (C=O) groups excluding carboxylic acids is 1. The Labute approximate surface area is 114 Å². The first-order valence-electron chi connectivity index (χ1n) is 5.96. The van der Waals surface area contributed by atoms with Crippen LogP contribution in [0.3, 0.4) is 0 Å². The molecule has 0 unspecified atom stereocenters. The van der Waals surface area contributed by atoms with Crippen LogP contribution in [0.1, 0.15) is 23.0 Å². The third-order valence-corrected chi connectivity index (χ3v) is 3.54. The van der Waals surface area contributed by atoms with Crippen LogP contribution in [0.2, 0.25) is 0 Å². The zero-order chi connectivity index (χ0) is 13.8. The van der Waals surface area contributed by atoms with Crippen molar-refractivity contribution in [1.82, 2.24) is 4.57 Å². The highest BCUT2D eigenvalue weighted by Gasteiger charge is 2.11. The molecule has 0 saturated carbocycles. The van der Waals surface area contributed by atoms with Crippen LogP contribution < -0.4 is 16.6 Å². The highest BCUT2D eigenvalue weighted by Crippen LogP contribution is 2.20. The van der Waals surface area contributed by atoms with Crippen LogP contribution in [-0.4, -0.2) is 10.5 Å². The van der Waals surface area contributed by atoms with Crippen molar-refractivity contribution < 1.29 is 4.79 Å². The lowest BCUT2D eigenvalue weighted by Gasteiger charge is -2.08. The lowest BCUT2D eigenvalue weighted by Crippen LogP contribution is -2.20.